The van der Waals surface area contributed by atoms with Crippen LogP contribution in [0.15, 0.2) is 36.7 Å². The quantitative estimate of drug-likeness (QED) is 0.841. The standard InChI is InChI=1S/C19H27FN4/c1-15(22(2)3)17-7-9-23(10-8-17)13-16-12-21-24(14-16)19-6-4-5-18(20)11-19/h4-6,11-12,14-15,17H,7-10,13H2,1-3H3. The Morgan fingerprint density at radius 1 is 1.29 bits per heavy atom. The number of nitrogens with zero attached hydrogens (tertiary/aromatic N) is 4. The zero-order valence-electron chi connectivity index (χ0n) is 14.8. The van der Waals surface area contributed by atoms with Gasteiger partial charge < -0.3 is 4.90 Å². The third-order valence-corrected chi connectivity index (χ3v) is 5.24. The van der Waals surface area contributed by atoms with Crippen molar-refractivity contribution in [2.75, 3.05) is 27.2 Å². The van der Waals surface area contributed by atoms with Gasteiger partial charge in [0.15, 0.2) is 0 Å². The fraction of sp³-hybridized carbons (Fsp3) is 0.526. The highest BCUT2D eigenvalue weighted by Crippen LogP contribution is 2.24. The molecule has 0 amide bonds. The fourth-order valence-corrected chi connectivity index (χ4v) is 3.47. The smallest absolute Gasteiger partial charge is 0.125 e. The van der Waals surface area contributed by atoms with Gasteiger partial charge in [0, 0.05) is 24.3 Å². The number of rotatable bonds is 5. The molecule has 2 heterocycles. The number of likely N-dealkylation sites (tertiary alicyclic amines) is 1. The van der Waals surface area contributed by atoms with E-state index in [-0.39, 0.29) is 5.82 Å². The Morgan fingerprint density at radius 3 is 2.71 bits per heavy atom. The molecule has 1 unspecified atom stereocenters. The number of piperidine rings is 1. The minimum Gasteiger partial charge on any atom is -0.306 e. The van der Waals surface area contributed by atoms with Crippen molar-refractivity contribution in [3.05, 3.63) is 48.0 Å². The number of benzene rings is 1. The predicted octanol–water partition coefficient (Wildman–Crippen LogP) is 3.17. The van der Waals surface area contributed by atoms with Crippen molar-refractivity contribution in [3.8, 4) is 5.69 Å². The Hall–Kier alpha value is -1.72. The van der Waals surface area contributed by atoms with Crippen molar-refractivity contribution in [1.29, 1.82) is 0 Å². The van der Waals surface area contributed by atoms with Gasteiger partial charge in [-0.15, -0.1) is 0 Å². The fourth-order valence-electron chi connectivity index (χ4n) is 3.47. The molecule has 0 bridgehead atoms. The molecular weight excluding hydrogens is 303 g/mol. The number of halogens is 1. The molecule has 3 rings (SSSR count). The summed E-state index contributed by atoms with van der Waals surface area (Å²) in [7, 11) is 4.33. The normalized spacial score (nSPS) is 18.2. The average molecular weight is 330 g/mol. The number of hydrogen-bond donors (Lipinski definition) is 0. The Morgan fingerprint density at radius 2 is 2.04 bits per heavy atom. The molecule has 1 saturated heterocycles. The molecule has 0 spiro atoms. The van der Waals surface area contributed by atoms with Crippen molar-refractivity contribution in [2.24, 2.45) is 5.92 Å². The largest absolute Gasteiger partial charge is 0.306 e. The first-order valence-electron chi connectivity index (χ1n) is 8.71. The van der Waals surface area contributed by atoms with Gasteiger partial charge in [-0.25, -0.2) is 9.07 Å². The molecule has 24 heavy (non-hydrogen) atoms. The van der Waals surface area contributed by atoms with Crippen LogP contribution in [0.4, 0.5) is 4.39 Å². The first-order valence-corrected chi connectivity index (χ1v) is 8.71. The SMILES string of the molecule is CC(C1CCN(Cc2cnn(-c3cccc(F)c3)c2)CC1)N(C)C. The highest BCUT2D eigenvalue weighted by molar-refractivity contribution is 5.31. The molecule has 0 radical (unpaired) electrons. The van der Waals surface area contributed by atoms with Gasteiger partial charge in [-0.1, -0.05) is 6.07 Å². The van der Waals surface area contributed by atoms with Gasteiger partial charge in [0.25, 0.3) is 0 Å². The molecule has 1 fully saturated rings. The van der Waals surface area contributed by atoms with E-state index in [1.807, 2.05) is 18.5 Å². The molecule has 130 valence electrons. The van der Waals surface area contributed by atoms with Gasteiger partial charge in [0.05, 0.1) is 11.9 Å². The summed E-state index contributed by atoms with van der Waals surface area (Å²) in [6.07, 6.45) is 6.39. The van der Waals surface area contributed by atoms with Gasteiger partial charge in [0.1, 0.15) is 5.82 Å². The van der Waals surface area contributed by atoms with Crippen molar-refractivity contribution in [1.82, 2.24) is 19.6 Å². The summed E-state index contributed by atoms with van der Waals surface area (Å²) in [6, 6.07) is 7.18. The third kappa shape index (κ3) is 4.02. The Kier molecular flexibility index (Phi) is 5.31. The molecule has 4 nitrogen and oxygen atoms in total. The minimum atomic E-state index is -0.235. The molecule has 1 aromatic heterocycles. The minimum absolute atomic E-state index is 0.235. The predicted molar refractivity (Wildman–Crippen MR) is 94.7 cm³/mol. The number of aromatic nitrogens is 2. The van der Waals surface area contributed by atoms with Crippen LogP contribution in [0.25, 0.3) is 5.69 Å². The lowest BCUT2D eigenvalue weighted by Gasteiger charge is -2.37. The maximum absolute atomic E-state index is 13.3. The van der Waals surface area contributed by atoms with Crippen LogP contribution >= 0.6 is 0 Å². The average Bonchev–Trinajstić information content (AvgIpc) is 3.03. The molecule has 0 saturated carbocycles. The van der Waals surface area contributed by atoms with Crippen LogP contribution in [0.2, 0.25) is 0 Å². The van der Waals surface area contributed by atoms with E-state index in [9.17, 15) is 4.39 Å². The molecule has 0 N–H and O–H groups in total. The highest BCUT2D eigenvalue weighted by atomic mass is 19.1. The van der Waals surface area contributed by atoms with E-state index in [1.165, 1.54) is 30.5 Å². The second-order valence-corrected chi connectivity index (χ2v) is 7.09. The summed E-state index contributed by atoms with van der Waals surface area (Å²) in [6.45, 7) is 5.50. The van der Waals surface area contributed by atoms with E-state index in [0.29, 0.717) is 6.04 Å². The molecule has 2 aromatic rings. The van der Waals surface area contributed by atoms with Crippen molar-refractivity contribution in [2.45, 2.75) is 32.4 Å². The van der Waals surface area contributed by atoms with Crippen LogP contribution in [0, 0.1) is 11.7 Å². The van der Waals surface area contributed by atoms with E-state index < -0.39 is 0 Å². The lowest BCUT2D eigenvalue weighted by atomic mass is 9.89. The first kappa shape index (κ1) is 17.1. The first-order chi connectivity index (χ1) is 11.5. The van der Waals surface area contributed by atoms with E-state index in [1.54, 1.807) is 10.7 Å². The topological polar surface area (TPSA) is 24.3 Å². The summed E-state index contributed by atoms with van der Waals surface area (Å²) in [5, 5.41) is 4.38. The lowest BCUT2D eigenvalue weighted by Crippen LogP contribution is -2.41. The van der Waals surface area contributed by atoms with Crippen LogP contribution in [0.3, 0.4) is 0 Å². The zero-order valence-corrected chi connectivity index (χ0v) is 14.8. The van der Waals surface area contributed by atoms with E-state index in [0.717, 1.165) is 31.2 Å². The molecular formula is C19H27FN4. The Balaban J connectivity index is 1.57. The molecule has 0 aliphatic carbocycles. The maximum atomic E-state index is 13.3. The van der Waals surface area contributed by atoms with E-state index >= 15 is 0 Å². The Bertz CT molecular complexity index is 659. The van der Waals surface area contributed by atoms with Crippen molar-refractivity contribution >= 4 is 0 Å². The second-order valence-electron chi connectivity index (χ2n) is 7.09. The summed E-state index contributed by atoms with van der Waals surface area (Å²) in [4.78, 5) is 4.81. The zero-order chi connectivity index (χ0) is 17.1. The van der Waals surface area contributed by atoms with E-state index in [2.05, 4.69) is 35.9 Å². The van der Waals surface area contributed by atoms with Crippen LogP contribution in [-0.4, -0.2) is 52.8 Å². The molecule has 1 aliphatic rings. The molecule has 1 aromatic carbocycles. The van der Waals surface area contributed by atoms with Crippen molar-refractivity contribution in [3.63, 3.8) is 0 Å². The van der Waals surface area contributed by atoms with E-state index in [4.69, 9.17) is 0 Å². The monoisotopic (exact) mass is 330 g/mol. The van der Waals surface area contributed by atoms with Crippen molar-refractivity contribution < 1.29 is 4.39 Å². The maximum Gasteiger partial charge on any atom is 0.125 e. The van der Waals surface area contributed by atoms with Crippen LogP contribution in [0.5, 0.6) is 0 Å². The summed E-state index contributed by atoms with van der Waals surface area (Å²) in [5.41, 5.74) is 1.94. The van der Waals surface area contributed by atoms with Crippen LogP contribution in [0.1, 0.15) is 25.3 Å². The van der Waals surface area contributed by atoms with Gasteiger partial charge in [0.2, 0.25) is 0 Å². The summed E-state index contributed by atoms with van der Waals surface area (Å²) >= 11 is 0. The lowest BCUT2D eigenvalue weighted by molar-refractivity contribution is 0.121. The Labute approximate surface area is 143 Å². The van der Waals surface area contributed by atoms with Crippen LogP contribution in [-0.2, 0) is 6.54 Å². The molecule has 1 atom stereocenters. The molecule has 5 heteroatoms. The third-order valence-electron chi connectivity index (χ3n) is 5.24. The second kappa shape index (κ2) is 7.45. The van der Waals surface area contributed by atoms with Crippen LogP contribution < -0.4 is 0 Å². The summed E-state index contributed by atoms with van der Waals surface area (Å²) < 4.78 is 15.1. The van der Waals surface area contributed by atoms with Gasteiger partial charge in [-0.2, -0.15) is 5.10 Å². The van der Waals surface area contributed by atoms with Gasteiger partial charge >= 0.3 is 0 Å². The number of hydrogen-bond acceptors (Lipinski definition) is 3. The summed E-state index contributed by atoms with van der Waals surface area (Å²) in [5.74, 6) is 0.549. The van der Waals surface area contributed by atoms with Gasteiger partial charge in [-0.05, 0) is 71.1 Å². The highest BCUT2D eigenvalue weighted by Gasteiger charge is 2.25. The molecule has 1 aliphatic heterocycles. The van der Waals surface area contributed by atoms with Gasteiger partial charge in [-0.3, -0.25) is 4.90 Å².